The Bertz CT molecular complexity index is 436. The molecule has 1 aliphatic carbocycles. The molecule has 1 unspecified atom stereocenters. The minimum absolute atomic E-state index is 0.116. The van der Waals surface area contributed by atoms with E-state index in [0.717, 1.165) is 36.1 Å². The second-order valence-corrected chi connectivity index (χ2v) is 5.50. The van der Waals surface area contributed by atoms with Gasteiger partial charge in [0.1, 0.15) is 5.00 Å². The minimum atomic E-state index is -0.116. The number of nitrogens with one attached hydrogen (secondary N) is 1. The molecule has 1 amide bonds. The van der Waals surface area contributed by atoms with Gasteiger partial charge in [0.25, 0.3) is 0 Å². The Kier molecular flexibility index (Phi) is 3.10. The summed E-state index contributed by atoms with van der Waals surface area (Å²) in [5.41, 5.74) is 1.85. The molecule has 0 fully saturated rings. The van der Waals surface area contributed by atoms with E-state index in [2.05, 4.69) is 12.2 Å². The van der Waals surface area contributed by atoms with Crippen LogP contribution in [0.4, 0.5) is 5.00 Å². The van der Waals surface area contributed by atoms with Gasteiger partial charge in [-0.05, 0) is 30.7 Å². The number of hydrogen-bond acceptors (Lipinski definition) is 3. The number of thiophene rings is 1. The average Bonchev–Trinajstić information content (AvgIpc) is 2.52. The number of carbonyl (C=O) groups is 2. The van der Waals surface area contributed by atoms with Crippen molar-refractivity contribution in [1.82, 2.24) is 0 Å². The molecule has 2 rings (SSSR count). The normalized spacial score (nSPS) is 19.0. The molecule has 0 saturated heterocycles. The Balaban J connectivity index is 2.40. The van der Waals surface area contributed by atoms with Gasteiger partial charge in [-0.3, -0.25) is 9.59 Å². The number of aldehydes is 1. The SMILES string of the molecule is CC(=O)Nc1sc2c(c1C=O)CCC(C)C2. The topological polar surface area (TPSA) is 46.2 Å². The monoisotopic (exact) mass is 237 g/mol. The van der Waals surface area contributed by atoms with Gasteiger partial charge in [0.05, 0.1) is 5.56 Å². The summed E-state index contributed by atoms with van der Waals surface area (Å²) in [6, 6.07) is 0. The van der Waals surface area contributed by atoms with Crippen molar-refractivity contribution in [2.45, 2.75) is 33.1 Å². The number of hydrogen-bond donors (Lipinski definition) is 1. The van der Waals surface area contributed by atoms with Crippen LogP contribution in [0.25, 0.3) is 0 Å². The number of amides is 1. The summed E-state index contributed by atoms with van der Waals surface area (Å²) in [7, 11) is 0. The lowest BCUT2D eigenvalue weighted by Gasteiger charge is -2.17. The maximum Gasteiger partial charge on any atom is 0.221 e. The van der Waals surface area contributed by atoms with Gasteiger partial charge in [-0.1, -0.05) is 6.92 Å². The molecule has 0 radical (unpaired) electrons. The van der Waals surface area contributed by atoms with Crippen molar-refractivity contribution in [2.24, 2.45) is 5.92 Å². The van der Waals surface area contributed by atoms with E-state index in [1.165, 1.54) is 11.8 Å². The van der Waals surface area contributed by atoms with Gasteiger partial charge in [-0.2, -0.15) is 0 Å². The first-order valence-electron chi connectivity index (χ1n) is 5.49. The standard InChI is InChI=1S/C12H15NO2S/c1-7-3-4-9-10(6-14)12(13-8(2)15)16-11(9)5-7/h6-7H,3-5H2,1-2H3,(H,13,15). The van der Waals surface area contributed by atoms with E-state index < -0.39 is 0 Å². The van der Waals surface area contributed by atoms with E-state index in [0.29, 0.717) is 11.5 Å². The van der Waals surface area contributed by atoms with Crippen LogP contribution in [-0.4, -0.2) is 12.2 Å². The maximum absolute atomic E-state index is 11.1. The molecule has 1 atom stereocenters. The Hall–Kier alpha value is -1.16. The van der Waals surface area contributed by atoms with Crippen molar-refractivity contribution < 1.29 is 9.59 Å². The van der Waals surface area contributed by atoms with E-state index >= 15 is 0 Å². The van der Waals surface area contributed by atoms with Crippen LogP contribution in [0, 0.1) is 5.92 Å². The lowest BCUT2D eigenvalue weighted by molar-refractivity contribution is -0.114. The van der Waals surface area contributed by atoms with E-state index in [9.17, 15) is 9.59 Å². The summed E-state index contributed by atoms with van der Waals surface area (Å²) < 4.78 is 0. The summed E-state index contributed by atoms with van der Waals surface area (Å²) in [5.74, 6) is 0.561. The molecule has 0 aromatic carbocycles. The fourth-order valence-corrected chi connectivity index (χ4v) is 3.58. The van der Waals surface area contributed by atoms with Gasteiger partial charge in [-0.15, -0.1) is 11.3 Å². The van der Waals surface area contributed by atoms with E-state index in [1.54, 1.807) is 11.3 Å². The molecule has 4 heteroatoms. The van der Waals surface area contributed by atoms with Gasteiger partial charge in [0.15, 0.2) is 6.29 Å². The van der Waals surface area contributed by atoms with E-state index in [4.69, 9.17) is 0 Å². The van der Waals surface area contributed by atoms with E-state index in [-0.39, 0.29) is 5.91 Å². The van der Waals surface area contributed by atoms with Gasteiger partial charge in [-0.25, -0.2) is 0 Å². The van der Waals surface area contributed by atoms with Crippen LogP contribution < -0.4 is 5.32 Å². The molecule has 0 saturated carbocycles. The van der Waals surface area contributed by atoms with E-state index in [1.807, 2.05) is 0 Å². The zero-order valence-electron chi connectivity index (χ0n) is 9.50. The molecule has 86 valence electrons. The highest BCUT2D eigenvalue weighted by Crippen LogP contribution is 2.38. The molecule has 16 heavy (non-hydrogen) atoms. The molecular formula is C12H15NO2S. The second kappa shape index (κ2) is 4.37. The third-order valence-electron chi connectivity index (χ3n) is 2.96. The van der Waals surface area contributed by atoms with Crippen LogP contribution in [0.3, 0.4) is 0 Å². The number of carbonyl (C=O) groups excluding carboxylic acids is 2. The Morgan fingerprint density at radius 2 is 2.31 bits per heavy atom. The summed E-state index contributed by atoms with van der Waals surface area (Å²) in [5, 5.41) is 3.47. The molecule has 0 aliphatic heterocycles. The molecule has 0 bridgehead atoms. The molecule has 0 spiro atoms. The predicted octanol–water partition coefficient (Wildman–Crippen LogP) is 2.64. The van der Waals surface area contributed by atoms with Gasteiger partial charge < -0.3 is 5.32 Å². The van der Waals surface area contributed by atoms with Crippen molar-refractivity contribution in [3.05, 3.63) is 16.0 Å². The Morgan fingerprint density at radius 1 is 1.56 bits per heavy atom. The van der Waals surface area contributed by atoms with Gasteiger partial charge >= 0.3 is 0 Å². The van der Waals surface area contributed by atoms with Crippen molar-refractivity contribution in [1.29, 1.82) is 0 Å². The Morgan fingerprint density at radius 3 is 2.94 bits per heavy atom. The second-order valence-electron chi connectivity index (χ2n) is 4.39. The first-order valence-corrected chi connectivity index (χ1v) is 6.30. The number of rotatable bonds is 2. The molecule has 1 N–H and O–H groups in total. The highest BCUT2D eigenvalue weighted by atomic mass is 32.1. The summed E-state index contributed by atoms with van der Waals surface area (Å²) >= 11 is 1.56. The quantitative estimate of drug-likeness (QED) is 0.804. The highest BCUT2D eigenvalue weighted by molar-refractivity contribution is 7.16. The van der Waals surface area contributed by atoms with Crippen molar-refractivity contribution >= 4 is 28.5 Å². The fraction of sp³-hybridized carbons (Fsp3) is 0.500. The average molecular weight is 237 g/mol. The first-order chi connectivity index (χ1) is 7.61. The molecular weight excluding hydrogens is 222 g/mol. The van der Waals surface area contributed by atoms with Crippen LogP contribution in [0.2, 0.25) is 0 Å². The molecule has 1 aromatic heterocycles. The predicted molar refractivity (Wildman–Crippen MR) is 65.2 cm³/mol. The zero-order chi connectivity index (χ0) is 11.7. The third-order valence-corrected chi connectivity index (χ3v) is 4.15. The van der Waals surface area contributed by atoms with Crippen LogP contribution in [0.5, 0.6) is 0 Å². The third kappa shape index (κ3) is 2.02. The highest BCUT2D eigenvalue weighted by Gasteiger charge is 2.23. The van der Waals surface area contributed by atoms with Crippen LogP contribution in [-0.2, 0) is 17.6 Å². The zero-order valence-corrected chi connectivity index (χ0v) is 10.3. The minimum Gasteiger partial charge on any atom is -0.317 e. The van der Waals surface area contributed by atoms with Gasteiger partial charge in [0, 0.05) is 11.8 Å². The van der Waals surface area contributed by atoms with Gasteiger partial charge in [0.2, 0.25) is 5.91 Å². The van der Waals surface area contributed by atoms with Crippen LogP contribution >= 0.6 is 11.3 Å². The van der Waals surface area contributed by atoms with Crippen molar-refractivity contribution in [3.63, 3.8) is 0 Å². The Labute approximate surface area is 98.9 Å². The molecule has 1 heterocycles. The van der Waals surface area contributed by atoms with Crippen molar-refractivity contribution in [3.8, 4) is 0 Å². The largest absolute Gasteiger partial charge is 0.317 e. The first kappa shape index (κ1) is 11.3. The summed E-state index contributed by atoms with van der Waals surface area (Å²) in [6.07, 6.45) is 3.99. The lowest BCUT2D eigenvalue weighted by Crippen LogP contribution is -2.10. The summed E-state index contributed by atoms with van der Waals surface area (Å²) in [4.78, 5) is 23.4. The van der Waals surface area contributed by atoms with Crippen molar-refractivity contribution in [2.75, 3.05) is 5.32 Å². The smallest absolute Gasteiger partial charge is 0.221 e. The molecule has 1 aromatic rings. The molecule has 3 nitrogen and oxygen atoms in total. The maximum atomic E-state index is 11.1. The lowest BCUT2D eigenvalue weighted by atomic mass is 9.89. The number of fused-ring (bicyclic) bond motifs is 1. The van der Waals surface area contributed by atoms with Crippen LogP contribution in [0.1, 0.15) is 41.1 Å². The fourth-order valence-electron chi connectivity index (χ4n) is 2.15. The number of anilines is 1. The summed E-state index contributed by atoms with van der Waals surface area (Å²) in [6.45, 7) is 3.69. The van der Waals surface area contributed by atoms with Crippen LogP contribution in [0.15, 0.2) is 0 Å². The molecule has 1 aliphatic rings.